The Morgan fingerprint density at radius 2 is 1.65 bits per heavy atom. The van der Waals surface area contributed by atoms with E-state index in [9.17, 15) is 5.11 Å². The van der Waals surface area contributed by atoms with E-state index in [-0.39, 0.29) is 12.6 Å². The van der Waals surface area contributed by atoms with E-state index in [2.05, 4.69) is 23.5 Å². The van der Waals surface area contributed by atoms with E-state index in [0.717, 1.165) is 11.1 Å². The molecule has 0 aliphatic heterocycles. The van der Waals surface area contributed by atoms with Crippen molar-refractivity contribution in [1.82, 2.24) is 5.32 Å². The van der Waals surface area contributed by atoms with Crippen molar-refractivity contribution in [2.24, 2.45) is 0 Å². The molecule has 0 amide bonds. The maximum atomic E-state index is 9.38. The third-order valence-corrected chi connectivity index (χ3v) is 2.96. The predicted octanol–water partition coefficient (Wildman–Crippen LogP) is 2.49. The van der Waals surface area contributed by atoms with Gasteiger partial charge in [0.1, 0.15) is 0 Å². The average Bonchev–Trinajstić information content (AvgIpc) is 2.41. The van der Waals surface area contributed by atoms with Crippen molar-refractivity contribution in [1.29, 1.82) is 0 Å². The first kappa shape index (κ1) is 11.8. The van der Waals surface area contributed by atoms with Gasteiger partial charge in [0.2, 0.25) is 0 Å². The monoisotopic (exact) mass is 227 g/mol. The Bertz CT molecular complexity index is 467. The van der Waals surface area contributed by atoms with Gasteiger partial charge < -0.3 is 10.4 Å². The van der Waals surface area contributed by atoms with Gasteiger partial charge >= 0.3 is 0 Å². The summed E-state index contributed by atoms with van der Waals surface area (Å²) in [4.78, 5) is 0. The molecule has 0 aliphatic carbocycles. The summed E-state index contributed by atoms with van der Waals surface area (Å²) in [5.41, 5.74) is 3.30. The quantitative estimate of drug-likeness (QED) is 0.841. The molecule has 0 saturated carbocycles. The van der Waals surface area contributed by atoms with Crippen LogP contribution in [0.15, 0.2) is 54.6 Å². The minimum atomic E-state index is 0.0706. The molecule has 1 unspecified atom stereocenters. The smallest absolute Gasteiger partial charge is 0.0685 e. The zero-order valence-corrected chi connectivity index (χ0v) is 9.93. The topological polar surface area (TPSA) is 32.3 Å². The molecule has 2 N–H and O–H groups in total. The molecule has 0 heterocycles. The van der Waals surface area contributed by atoms with Crippen LogP contribution < -0.4 is 5.32 Å². The standard InChI is InChI=1S/C15H17NO/c1-16-15(12-7-3-2-4-8-12)14-10-6-5-9-13(14)11-17/h2-10,15-17H,11H2,1H3. The van der Waals surface area contributed by atoms with Crippen molar-refractivity contribution in [2.75, 3.05) is 7.05 Å². The molecule has 2 nitrogen and oxygen atoms in total. The Morgan fingerprint density at radius 1 is 1.00 bits per heavy atom. The van der Waals surface area contributed by atoms with Crippen LogP contribution in [-0.4, -0.2) is 12.2 Å². The third kappa shape index (κ3) is 2.54. The highest BCUT2D eigenvalue weighted by Gasteiger charge is 2.14. The second kappa shape index (κ2) is 5.62. The van der Waals surface area contributed by atoms with Crippen LogP contribution in [0.25, 0.3) is 0 Å². The minimum absolute atomic E-state index is 0.0706. The average molecular weight is 227 g/mol. The number of benzene rings is 2. The Morgan fingerprint density at radius 3 is 2.29 bits per heavy atom. The summed E-state index contributed by atoms with van der Waals surface area (Å²) in [7, 11) is 1.94. The number of rotatable bonds is 4. The number of hydrogen-bond donors (Lipinski definition) is 2. The summed E-state index contributed by atoms with van der Waals surface area (Å²) in [5, 5.41) is 12.7. The zero-order chi connectivity index (χ0) is 12.1. The van der Waals surface area contributed by atoms with Gasteiger partial charge in [0.05, 0.1) is 12.6 Å². The zero-order valence-electron chi connectivity index (χ0n) is 9.93. The fourth-order valence-corrected chi connectivity index (χ4v) is 2.11. The molecule has 2 rings (SSSR count). The molecule has 17 heavy (non-hydrogen) atoms. The highest BCUT2D eigenvalue weighted by molar-refractivity contribution is 5.37. The molecule has 0 bridgehead atoms. The fourth-order valence-electron chi connectivity index (χ4n) is 2.11. The predicted molar refractivity (Wildman–Crippen MR) is 69.7 cm³/mol. The maximum absolute atomic E-state index is 9.38. The van der Waals surface area contributed by atoms with Crippen LogP contribution in [0.1, 0.15) is 22.7 Å². The lowest BCUT2D eigenvalue weighted by Gasteiger charge is -2.19. The van der Waals surface area contributed by atoms with Gasteiger partial charge in [0, 0.05) is 0 Å². The molecule has 0 aliphatic rings. The molecule has 2 aromatic rings. The maximum Gasteiger partial charge on any atom is 0.0685 e. The molecule has 0 fully saturated rings. The van der Waals surface area contributed by atoms with Gasteiger partial charge in [-0.25, -0.2) is 0 Å². The normalized spacial score (nSPS) is 12.4. The Balaban J connectivity index is 2.42. The number of aliphatic hydroxyl groups excluding tert-OH is 1. The van der Waals surface area contributed by atoms with Crippen LogP contribution in [0, 0.1) is 0 Å². The van der Waals surface area contributed by atoms with E-state index in [1.165, 1.54) is 5.56 Å². The van der Waals surface area contributed by atoms with Crippen LogP contribution in [0.5, 0.6) is 0 Å². The molecule has 88 valence electrons. The van der Waals surface area contributed by atoms with Crippen molar-refractivity contribution in [3.63, 3.8) is 0 Å². The number of aliphatic hydroxyl groups is 1. The van der Waals surface area contributed by atoms with Gasteiger partial charge in [-0.15, -0.1) is 0 Å². The molecule has 1 atom stereocenters. The van der Waals surface area contributed by atoms with E-state index in [0.29, 0.717) is 0 Å². The van der Waals surface area contributed by atoms with Crippen LogP contribution in [0.2, 0.25) is 0 Å². The lowest BCUT2D eigenvalue weighted by atomic mass is 9.95. The van der Waals surface area contributed by atoms with Gasteiger partial charge in [-0.05, 0) is 23.7 Å². The SMILES string of the molecule is CNC(c1ccccc1)c1ccccc1CO. The van der Waals surface area contributed by atoms with E-state index in [4.69, 9.17) is 0 Å². The van der Waals surface area contributed by atoms with E-state index in [1.807, 2.05) is 43.4 Å². The summed E-state index contributed by atoms with van der Waals surface area (Å²) in [6, 6.07) is 18.3. The Hall–Kier alpha value is -1.64. The summed E-state index contributed by atoms with van der Waals surface area (Å²) >= 11 is 0. The van der Waals surface area contributed by atoms with Crippen molar-refractivity contribution in [2.45, 2.75) is 12.6 Å². The van der Waals surface area contributed by atoms with E-state index >= 15 is 0 Å². The minimum Gasteiger partial charge on any atom is -0.392 e. The van der Waals surface area contributed by atoms with Gasteiger partial charge in [-0.2, -0.15) is 0 Å². The molecule has 0 saturated heterocycles. The van der Waals surface area contributed by atoms with Crippen molar-refractivity contribution in [3.8, 4) is 0 Å². The number of nitrogens with one attached hydrogen (secondary N) is 1. The van der Waals surface area contributed by atoms with E-state index < -0.39 is 0 Å². The molecule has 2 aromatic carbocycles. The molecule has 0 aromatic heterocycles. The molecular formula is C15H17NO. The van der Waals surface area contributed by atoms with E-state index in [1.54, 1.807) is 0 Å². The van der Waals surface area contributed by atoms with Crippen molar-refractivity contribution >= 4 is 0 Å². The molecule has 0 radical (unpaired) electrons. The highest BCUT2D eigenvalue weighted by atomic mass is 16.3. The molecular weight excluding hydrogens is 210 g/mol. The van der Waals surface area contributed by atoms with Crippen LogP contribution in [-0.2, 0) is 6.61 Å². The first-order chi connectivity index (χ1) is 8.36. The lowest BCUT2D eigenvalue weighted by Crippen LogP contribution is -2.19. The Labute approximate surface area is 102 Å². The Kier molecular flexibility index (Phi) is 3.91. The van der Waals surface area contributed by atoms with Gasteiger partial charge in [0.15, 0.2) is 0 Å². The summed E-state index contributed by atoms with van der Waals surface area (Å²) in [6.45, 7) is 0.0706. The summed E-state index contributed by atoms with van der Waals surface area (Å²) in [6.07, 6.45) is 0. The first-order valence-electron chi connectivity index (χ1n) is 5.77. The number of hydrogen-bond acceptors (Lipinski definition) is 2. The lowest BCUT2D eigenvalue weighted by molar-refractivity contribution is 0.280. The van der Waals surface area contributed by atoms with Gasteiger partial charge in [-0.3, -0.25) is 0 Å². The second-order valence-corrected chi connectivity index (χ2v) is 3.99. The summed E-state index contributed by atoms with van der Waals surface area (Å²) < 4.78 is 0. The summed E-state index contributed by atoms with van der Waals surface area (Å²) in [5.74, 6) is 0. The molecule has 2 heteroatoms. The fraction of sp³-hybridized carbons (Fsp3) is 0.200. The second-order valence-electron chi connectivity index (χ2n) is 3.99. The molecule has 0 spiro atoms. The van der Waals surface area contributed by atoms with Crippen LogP contribution >= 0.6 is 0 Å². The highest BCUT2D eigenvalue weighted by Crippen LogP contribution is 2.24. The van der Waals surface area contributed by atoms with Crippen LogP contribution in [0.4, 0.5) is 0 Å². The largest absolute Gasteiger partial charge is 0.392 e. The van der Waals surface area contributed by atoms with Gasteiger partial charge in [-0.1, -0.05) is 54.6 Å². The van der Waals surface area contributed by atoms with Gasteiger partial charge in [0.25, 0.3) is 0 Å². The first-order valence-corrected chi connectivity index (χ1v) is 5.77. The third-order valence-electron chi connectivity index (χ3n) is 2.96. The van der Waals surface area contributed by atoms with Crippen molar-refractivity contribution in [3.05, 3.63) is 71.3 Å². The van der Waals surface area contributed by atoms with Crippen LogP contribution in [0.3, 0.4) is 0 Å². The van der Waals surface area contributed by atoms with Crippen molar-refractivity contribution < 1.29 is 5.11 Å².